The van der Waals surface area contributed by atoms with Crippen molar-refractivity contribution in [1.29, 1.82) is 0 Å². The second-order valence-corrected chi connectivity index (χ2v) is 4.09. The predicted octanol–water partition coefficient (Wildman–Crippen LogP) is 2.29. The quantitative estimate of drug-likeness (QED) is 0.755. The van der Waals surface area contributed by atoms with Gasteiger partial charge in [0.15, 0.2) is 5.11 Å². The van der Waals surface area contributed by atoms with Gasteiger partial charge in [-0.1, -0.05) is 13.0 Å². The SMILES string of the molecule is CCC(NC(=S)NC)c1cccs1. The molecule has 0 aromatic carbocycles. The van der Waals surface area contributed by atoms with Crippen LogP contribution >= 0.6 is 23.6 Å². The summed E-state index contributed by atoms with van der Waals surface area (Å²) >= 11 is 6.81. The summed E-state index contributed by atoms with van der Waals surface area (Å²) in [4.78, 5) is 1.33. The average Bonchev–Trinajstić information content (AvgIpc) is 2.66. The third-order valence-electron chi connectivity index (χ3n) is 1.83. The first kappa shape index (κ1) is 10.5. The van der Waals surface area contributed by atoms with Gasteiger partial charge in [-0.05, 0) is 30.1 Å². The molecule has 1 unspecified atom stereocenters. The molecule has 1 heterocycles. The Hall–Kier alpha value is -0.610. The lowest BCUT2D eigenvalue weighted by atomic mass is 10.2. The number of hydrogen-bond acceptors (Lipinski definition) is 2. The largest absolute Gasteiger partial charge is 0.366 e. The van der Waals surface area contributed by atoms with Crippen molar-refractivity contribution in [3.05, 3.63) is 22.4 Å². The van der Waals surface area contributed by atoms with Gasteiger partial charge in [0.25, 0.3) is 0 Å². The van der Waals surface area contributed by atoms with Crippen molar-refractivity contribution in [3.63, 3.8) is 0 Å². The molecule has 0 aliphatic heterocycles. The van der Waals surface area contributed by atoms with Crippen LogP contribution in [0.5, 0.6) is 0 Å². The van der Waals surface area contributed by atoms with Crippen molar-refractivity contribution in [1.82, 2.24) is 10.6 Å². The Labute approximate surface area is 88.4 Å². The van der Waals surface area contributed by atoms with Gasteiger partial charge in [0, 0.05) is 11.9 Å². The molecule has 1 atom stereocenters. The summed E-state index contributed by atoms with van der Waals surface area (Å²) in [6.07, 6.45) is 1.04. The molecule has 1 aromatic heterocycles. The zero-order valence-corrected chi connectivity index (χ0v) is 9.47. The van der Waals surface area contributed by atoms with Gasteiger partial charge in [-0.25, -0.2) is 0 Å². The summed E-state index contributed by atoms with van der Waals surface area (Å²) in [5.41, 5.74) is 0. The zero-order chi connectivity index (χ0) is 9.68. The van der Waals surface area contributed by atoms with Gasteiger partial charge in [0.2, 0.25) is 0 Å². The summed E-state index contributed by atoms with van der Waals surface area (Å²) in [5.74, 6) is 0. The number of rotatable bonds is 3. The molecule has 13 heavy (non-hydrogen) atoms. The van der Waals surface area contributed by atoms with Gasteiger partial charge in [0.05, 0.1) is 6.04 Å². The average molecular weight is 214 g/mol. The lowest BCUT2D eigenvalue weighted by Crippen LogP contribution is -2.34. The number of thiocarbonyl (C=S) groups is 1. The van der Waals surface area contributed by atoms with Crippen LogP contribution in [0, 0.1) is 0 Å². The Kier molecular flexibility index (Phi) is 4.18. The Morgan fingerprint density at radius 2 is 2.46 bits per heavy atom. The van der Waals surface area contributed by atoms with Crippen LogP contribution < -0.4 is 10.6 Å². The molecule has 4 heteroatoms. The smallest absolute Gasteiger partial charge is 0.166 e. The van der Waals surface area contributed by atoms with E-state index >= 15 is 0 Å². The van der Waals surface area contributed by atoms with Crippen molar-refractivity contribution in [2.45, 2.75) is 19.4 Å². The molecular formula is C9H14N2S2. The van der Waals surface area contributed by atoms with Crippen LogP contribution in [-0.2, 0) is 0 Å². The van der Waals surface area contributed by atoms with Crippen LogP contribution in [0.2, 0.25) is 0 Å². The maximum Gasteiger partial charge on any atom is 0.166 e. The van der Waals surface area contributed by atoms with E-state index < -0.39 is 0 Å². The van der Waals surface area contributed by atoms with E-state index in [4.69, 9.17) is 12.2 Å². The molecule has 1 aromatic rings. The fraction of sp³-hybridized carbons (Fsp3) is 0.444. The molecule has 2 nitrogen and oxygen atoms in total. The molecule has 2 N–H and O–H groups in total. The minimum atomic E-state index is 0.347. The van der Waals surface area contributed by atoms with E-state index in [1.165, 1.54) is 4.88 Å². The van der Waals surface area contributed by atoms with Crippen LogP contribution in [-0.4, -0.2) is 12.2 Å². The highest BCUT2D eigenvalue weighted by Gasteiger charge is 2.09. The summed E-state index contributed by atoms with van der Waals surface area (Å²) in [6.45, 7) is 2.15. The van der Waals surface area contributed by atoms with E-state index in [9.17, 15) is 0 Å². The third-order valence-corrected chi connectivity index (χ3v) is 3.14. The van der Waals surface area contributed by atoms with Crippen LogP contribution in [0.25, 0.3) is 0 Å². The Bertz CT molecular complexity index is 257. The van der Waals surface area contributed by atoms with E-state index in [0.717, 1.165) is 6.42 Å². The first-order chi connectivity index (χ1) is 6.27. The molecule has 1 rings (SSSR count). The lowest BCUT2D eigenvalue weighted by Gasteiger charge is -2.16. The van der Waals surface area contributed by atoms with Crippen molar-refractivity contribution in [2.24, 2.45) is 0 Å². The minimum absolute atomic E-state index is 0.347. The summed E-state index contributed by atoms with van der Waals surface area (Å²) in [6, 6.07) is 4.54. The molecule has 0 saturated carbocycles. The summed E-state index contributed by atoms with van der Waals surface area (Å²) in [5, 5.41) is 8.96. The minimum Gasteiger partial charge on any atom is -0.366 e. The van der Waals surface area contributed by atoms with Gasteiger partial charge < -0.3 is 10.6 Å². The van der Waals surface area contributed by atoms with Gasteiger partial charge in [-0.3, -0.25) is 0 Å². The van der Waals surface area contributed by atoms with Crippen molar-refractivity contribution < 1.29 is 0 Å². The predicted molar refractivity (Wildman–Crippen MR) is 62.1 cm³/mol. The van der Waals surface area contributed by atoms with Crippen molar-refractivity contribution >= 4 is 28.7 Å². The van der Waals surface area contributed by atoms with Crippen LogP contribution in [0.15, 0.2) is 17.5 Å². The van der Waals surface area contributed by atoms with Crippen LogP contribution in [0.1, 0.15) is 24.3 Å². The molecule has 0 fully saturated rings. The lowest BCUT2D eigenvalue weighted by molar-refractivity contribution is 0.632. The molecule has 0 radical (unpaired) electrons. The molecular weight excluding hydrogens is 200 g/mol. The van der Waals surface area contributed by atoms with Crippen molar-refractivity contribution in [3.8, 4) is 0 Å². The topological polar surface area (TPSA) is 24.1 Å². The van der Waals surface area contributed by atoms with E-state index in [1.54, 1.807) is 11.3 Å². The maximum atomic E-state index is 5.05. The van der Waals surface area contributed by atoms with E-state index in [1.807, 2.05) is 7.05 Å². The van der Waals surface area contributed by atoms with Gasteiger partial charge in [-0.15, -0.1) is 11.3 Å². The van der Waals surface area contributed by atoms with E-state index in [-0.39, 0.29) is 0 Å². The molecule has 0 bridgehead atoms. The monoisotopic (exact) mass is 214 g/mol. The first-order valence-corrected chi connectivity index (χ1v) is 5.58. The fourth-order valence-corrected chi connectivity index (χ4v) is 2.10. The highest BCUT2D eigenvalue weighted by molar-refractivity contribution is 7.80. The van der Waals surface area contributed by atoms with Gasteiger partial charge >= 0.3 is 0 Å². The Balaban J connectivity index is 2.58. The highest BCUT2D eigenvalue weighted by Crippen LogP contribution is 2.21. The fourth-order valence-electron chi connectivity index (χ4n) is 1.09. The number of hydrogen-bond donors (Lipinski definition) is 2. The van der Waals surface area contributed by atoms with Gasteiger partial charge in [-0.2, -0.15) is 0 Å². The Morgan fingerprint density at radius 3 is 2.92 bits per heavy atom. The van der Waals surface area contributed by atoms with Gasteiger partial charge in [0.1, 0.15) is 0 Å². The second-order valence-electron chi connectivity index (χ2n) is 2.70. The molecule has 0 aliphatic carbocycles. The van der Waals surface area contributed by atoms with Crippen LogP contribution in [0.3, 0.4) is 0 Å². The molecule has 72 valence electrons. The second kappa shape index (κ2) is 5.19. The standard InChI is InChI=1S/C9H14N2S2/c1-3-7(11-9(12)10-2)8-5-4-6-13-8/h4-7H,3H2,1-2H3,(H2,10,11,12). The third kappa shape index (κ3) is 2.97. The molecule has 0 aliphatic rings. The molecule has 0 saturated heterocycles. The van der Waals surface area contributed by atoms with Crippen molar-refractivity contribution in [2.75, 3.05) is 7.05 Å². The summed E-state index contributed by atoms with van der Waals surface area (Å²) in [7, 11) is 1.83. The van der Waals surface area contributed by atoms with Crippen LogP contribution in [0.4, 0.5) is 0 Å². The highest BCUT2D eigenvalue weighted by atomic mass is 32.1. The van der Waals surface area contributed by atoms with E-state index in [0.29, 0.717) is 11.2 Å². The van der Waals surface area contributed by atoms with E-state index in [2.05, 4.69) is 35.1 Å². The molecule has 0 spiro atoms. The maximum absolute atomic E-state index is 5.05. The number of nitrogens with one attached hydrogen (secondary N) is 2. The normalized spacial score (nSPS) is 12.2. The number of thiophene rings is 1. The molecule has 0 amide bonds. The zero-order valence-electron chi connectivity index (χ0n) is 7.83. The Morgan fingerprint density at radius 1 is 1.69 bits per heavy atom. The first-order valence-electron chi connectivity index (χ1n) is 4.29. The summed E-state index contributed by atoms with van der Waals surface area (Å²) < 4.78 is 0.